The summed E-state index contributed by atoms with van der Waals surface area (Å²) in [5.74, 6) is -3.07. The Morgan fingerprint density at radius 2 is 1.66 bits per heavy atom. The highest BCUT2D eigenvalue weighted by molar-refractivity contribution is 7.91. The van der Waals surface area contributed by atoms with Gasteiger partial charge in [-0.3, -0.25) is 9.69 Å². The van der Waals surface area contributed by atoms with Crippen LogP contribution in [-0.4, -0.2) is 44.6 Å². The van der Waals surface area contributed by atoms with Crippen molar-refractivity contribution in [1.82, 2.24) is 4.90 Å². The number of alkyl halides is 2. The third-order valence-electron chi connectivity index (χ3n) is 5.14. The molecule has 1 fully saturated rings. The van der Waals surface area contributed by atoms with Crippen LogP contribution in [0.4, 0.5) is 14.5 Å². The van der Waals surface area contributed by atoms with Crippen molar-refractivity contribution in [2.75, 3.05) is 25.0 Å². The SMILES string of the molecule is O=C(CN1CCC(Cc2ccccc2)CC1)Nc1ccc(S(=O)(=O)C(F)F)cc1. The first-order valence-electron chi connectivity index (χ1n) is 9.53. The molecule has 156 valence electrons. The monoisotopic (exact) mass is 422 g/mol. The highest BCUT2D eigenvalue weighted by atomic mass is 32.2. The lowest BCUT2D eigenvalue weighted by molar-refractivity contribution is -0.117. The van der Waals surface area contributed by atoms with E-state index in [4.69, 9.17) is 0 Å². The maximum Gasteiger partial charge on any atom is 0.341 e. The van der Waals surface area contributed by atoms with Crippen molar-refractivity contribution in [1.29, 1.82) is 0 Å². The lowest BCUT2D eigenvalue weighted by Gasteiger charge is -2.31. The van der Waals surface area contributed by atoms with Crippen molar-refractivity contribution in [3.63, 3.8) is 0 Å². The molecular weight excluding hydrogens is 398 g/mol. The number of carbonyl (C=O) groups excluding carboxylic acids is 1. The van der Waals surface area contributed by atoms with Crippen LogP contribution in [0.3, 0.4) is 0 Å². The molecule has 29 heavy (non-hydrogen) atoms. The molecule has 1 aliphatic rings. The average molecular weight is 422 g/mol. The third kappa shape index (κ3) is 5.83. The predicted octanol–water partition coefficient (Wildman–Crippen LogP) is 3.58. The molecule has 0 atom stereocenters. The lowest BCUT2D eigenvalue weighted by Crippen LogP contribution is -2.39. The smallest absolute Gasteiger partial charge is 0.325 e. The summed E-state index contributed by atoms with van der Waals surface area (Å²) in [7, 11) is -4.63. The van der Waals surface area contributed by atoms with Gasteiger partial charge in [0.15, 0.2) is 0 Å². The van der Waals surface area contributed by atoms with Gasteiger partial charge in [0.25, 0.3) is 0 Å². The normalized spacial score (nSPS) is 16.1. The highest BCUT2D eigenvalue weighted by Gasteiger charge is 2.26. The Balaban J connectivity index is 1.45. The Labute approximate surface area is 169 Å². The lowest BCUT2D eigenvalue weighted by atomic mass is 9.90. The molecule has 5 nitrogen and oxygen atoms in total. The van der Waals surface area contributed by atoms with Gasteiger partial charge in [0.1, 0.15) is 0 Å². The fraction of sp³-hybridized carbons (Fsp3) is 0.381. The van der Waals surface area contributed by atoms with Gasteiger partial charge in [0.05, 0.1) is 11.4 Å². The molecule has 8 heteroatoms. The Hall–Kier alpha value is -2.32. The molecule has 1 heterocycles. The Kier molecular flexibility index (Phi) is 6.97. The van der Waals surface area contributed by atoms with Crippen LogP contribution in [0.1, 0.15) is 18.4 Å². The summed E-state index contributed by atoms with van der Waals surface area (Å²) in [5, 5.41) is 2.69. The predicted molar refractivity (Wildman–Crippen MR) is 108 cm³/mol. The number of hydrogen-bond donors (Lipinski definition) is 1. The summed E-state index contributed by atoms with van der Waals surface area (Å²) < 4.78 is 48.0. The molecule has 0 bridgehead atoms. The summed E-state index contributed by atoms with van der Waals surface area (Å²) in [6, 6.07) is 15.2. The molecule has 1 amide bonds. The molecule has 1 N–H and O–H groups in total. The van der Waals surface area contributed by atoms with E-state index in [0.717, 1.165) is 44.5 Å². The van der Waals surface area contributed by atoms with Gasteiger partial charge in [-0.1, -0.05) is 30.3 Å². The number of halogens is 2. The van der Waals surface area contributed by atoms with Crippen LogP contribution in [0.15, 0.2) is 59.5 Å². The second-order valence-corrected chi connectivity index (χ2v) is 9.21. The minimum absolute atomic E-state index is 0.212. The maximum absolute atomic E-state index is 12.6. The summed E-state index contributed by atoms with van der Waals surface area (Å²) in [5.41, 5.74) is 1.71. The van der Waals surface area contributed by atoms with Crippen LogP contribution in [0.25, 0.3) is 0 Å². The number of rotatable bonds is 7. The van der Waals surface area contributed by atoms with Gasteiger partial charge in [-0.25, -0.2) is 8.42 Å². The van der Waals surface area contributed by atoms with E-state index in [2.05, 4.69) is 22.3 Å². The van der Waals surface area contributed by atoms with Crippen molar-refractivity contribution in [3.05, 3.63) is 60.2 Å². The average Bonchev–Trinajstić information content (AvgIpc) is 2.70. The van der Waals surface area contributed by atoms with Crippen molar-refractivity contribution in [3.8, 4) is 0 Å². The van der Waals surface area contributed by atoms with Crippen molar-refractivity contribution in [2.24, 2.45) is 5.92 Å². The first-order chi connectivity index (χ1) is 13.8. The van der Waals surface area contributed by atoms with Crippen LogP contribution in [0.5, 0.6) is 0 Å². The molecule has 0 aromatic heterocycles. The second-order valence-electron chi connectivity index (χ2n) is 7.29. The highest BCUT2D eigenvalue weighted by Crippen LogP contribution is 2.22. The number of piperidine rings is 1. The molecule has 3 rings (SSSR count). The number of benzene rings is 2. The van der Waals surface area contributed by atoms with Crippen molar-refractivity contribution in [2.45, 2.75) is 29.9 Å². The van der Waals surface area contributed by atoms with Crippen LogP contribution >= 0.6 is 0 Å². The largest absolute Gasteiger partial charge is 0.341 e. The summed E-state index contributed by atoms with van der Waals surface area (Å²) >= 11 is 0. The molecule has 0 radical (unpaired) electrons. The zero-order valence-electron chi connectivity index (χ0n) is 15.9. The standard InChI is InChI=1S/C21H24F2N2O3S/c22-21(23)29(27,28)19-8-6-18(7-9-19)24-20(26)15-25-12-10-17(11-13-25)14-16-4-2-1-3-5-16/h1-9,17,21H,10-15H2,(H,24,26). The quantitative estimate of drug-likeness (QED) is 0.741. The van der Waals surface area contributed by atoms with Crippen LogP contribution < -0.4 is 5.32 Å². The number of anilines is 1. The third-order valence-corrected chi connectivity index (χ3v) is 6.54. The maximum atomic E-state index is 12.6. The van der Waals surface area contributed by atoms with E-state index in [9.17, 15) is 22.0 Å². The van der Waals surface area contributed by atoms with E-state index >= 15 is 0 Å². The van der Waals surface area contributed by atoms with E-state index in [1.54, 1.807) is 0 Å². The van der Waals surface area contributed by atoms with Crippen LogP contribution in [-0.2, 0) is 21.1 Å². The Bertz CT molecular complexity index is 911. The van der Waals surface area contributed by atoms with Gasteiger partial charge in [-0.2, -0.15) is 8.78 Å². The number of hydrogen-bond acceptors (Lipinski definition) is 4. The molecule has 2 aromatic rings. The van der Waals surface area contributed by atoms with Crippen LogP contribution in [0, 0.1) is 5.92 Å². The molecule has 0 aliphatic carbocycles. The fourth-order valence-electron chi connectivity index (χ4n) is 3.53. The van der Waals surface area contributed by atoms with E-state index in [0.29, 0.717) is 11.6 Å². The van der Waals surface area contributed by atoms with Gasteiger partial charge in [0.2, 0.25) is 15.7 Å². The minimum Gasteiger partial charge on any atom is -0.325 e. The molecule has 0 unspecified atom stereocenters. The van der Waals surface area contributed by atoms with E-state index < -0.39 is 20.5 Å². The molecule has 0 spiro atoms. The minimum atomic E-state index is -4.63. The zero-order valence-corrected chi connectivity index (χ0v) is 16.7. The Morgan fingerprint density at radius 1 is 1.03 bits per heavy atom. The first kappa shape index (κ1) is 21.4. The molecule has 1 aliphatic heterocycles. The van der Waals surface area contributed by atoms with Crippen molar-refractivity contribution >= 4 is 21.4 Å². The van der Waals surface area contributed by atoms with Gasteiger partial charge in [0, 0.05) is 5.69 Å². The zero-order chi connectivity index (χ0) is 20.9. The molecule has 1 saturated heterocycles. The van der Waals surface area contributed by atoms with Crippen molar-refractivity contribution < 1.29 is 22.0 Å². The van der Waals surface area contributed by atoms with Gasteiger partial charge in [-0.15, -0.1) is 0 Å². The fourth-order valence-corrected chi connectivity index (χ4v) is 4.25. The first-order valence-corrected chi connectivity index (χ1v) is 11.1. The van der Waals surface area contributed by atoms with E-state index in [1.807, 2.05) is 18.2 Å². The number of likely N-dealkylation sites (tertiary alicyclic amines) is 1. The van der Waals surface area contributed by atoms with Crippen LogP contribution in [0.2, 0.25) is 0 Å². The summed E-state index contributed by atoms with van der Waals surface area (Å²) in [6.45, 7) is 1.93. The van der Waals surface area contributed by atoms with Gasteiger partial charge in [-0.05, 0) is 68.1 Å². The molecular formula is C21H24F2N2O3S. The summed E-state index contributed by atoms with van der Waals surface area (Å²) in [4.78, 5) is 13.9. The number of sulfone groups is 1. The number of nitrogens with one attached hydrogen (secondary N) is 1. The number of nitrogens with zero attached hydrogens (tertiary/aromatic N) is 1. The Morgan fingerprint density at radius 3 is 2.24 bits per heavy atom. The number of amides is 1. The summed E-state index contributed by atoms with van der Waals surface area (Å²) in [6.07, 6.45) is 3.11. The molecule has 2 aromatic carbocycles. The van der Waals surface area contributed by atoms with E-state index in [-0.39, 0.29) is 12.5 Å². The molecule has 0 saturated carbocycles. The second kappa shape index (κ2) is 9.45. The topological polar surface area (TPSA) is 66.5 Å². The number of carbonyl (C=O) groups is 1. The van der Waals surface area contributed by atoms with Gasteiger partial charge < -0.3 is 5.32 Å². The van der Waals surface area contributed by atoms with Gasteiger partial charge >= 0.3 is 5.76 Å². The van der Waals surface area contributed by atoms with E-state index in [1.165, 1.54) is 17.7 Å².